The Hall–Kier alpha value is -0.960. The molecule has 0 aromatic heterocycles. The molecule has 2 aliphatic carbocycles. The summed E-state index contributed by atoms with van der Waals surface area (Å²) in [5.74, 6) is 0.876. The molecule has 0 spiro atoms. The molecule has 0 heterocycles. The van der Waals surface area contributed by atoms with E-state index in [-0.39, 0.29) is 0 Å². The van der Waals surface area contributed by atoms with E-state index in [1.54, 1.807) is 6.07 Å². The van der Waals surface area contributed by atoms with E-state index in [1.165, 1.54) is 37.8 Å². The van der Waals surface area contributed by atoms with Crippen molar-refractivity contribution in [3.63, 3.8) is 0 Å². The van der Waals surface area contributed by atoms with E-state index in [4.69, 9.17) is 4.74 Å². The molecule has 4 unspecified atom stereocenters. The van der Waals surface area contributed by atoms with Gasteiger partial charge in [0.05, 0.1) is 6.10 Å². The lowest BCUT2D eigenvalue weighted by Crippen LogP contribution is -2.27. The molecule has 4 atom stereocenters. The van der Waals surface area contributed by atoms with Crippen molar-refractivity contribution in [2.75, 3.05) is 6.61 Å². The highest BCUT2D eigenvalue weighted by molar-refractivity contribution is 5.17. The predicted molar refractivity (Wildman–Crippen MR) is 79.0 cm³/mol. The molecule has 2 aliphatic rings. The molecule has 1 aromatic rings. The molecule has 0 aliphatic heterocycles. The number of benzene rings is 1. The lowest BCUT2D eigenvalue weighted by atomic mass is 9.83. The first-order chi connectivity index (χ1) is 10.2. The van der Waals surface area contributed by atoms with E-state index in [0.717, 1.165) is 42.8 Å². The molecular weight excluding hydrogens is 270 g/mol. The van der Waals surface area contributed by atoms with Crippen molar-refractivity contribution in [2.45, 2.75) is 51.6 Å². The van der Waals surface area contributed by atoms with Gasteiger partial charge in [-0.15, -0.1) is 0 Å². The van der Waals surface area contributed by atoms with E-state index in [9.17, 15) is 8.78 Å². The summed E-state index contributed by atoms with van der Waals surface area (Å²) in [7, 11) is 0. The quantitative estimate of drug-likeness (QED) is 0.736. The maximum Gasteiger partial charge on any atom is 0.159 e. The summed E-state index contributed by atoms with van der Waals surface area (Å²) in [6.45, 7) is 2.89. The summed E-state index contributed by atoms with van der Waals surface area (Å²) in [5.41, 5.74) is 0.901. The first kappa shape index (κ1) is 15.0. The fourth-order valence-corrected chi connectivity index (χ4v) is 4.43. The first-order valence-electron chi connectivity index (χ1n) is 8.23. The Morgan fingerprint density at radius 3 is 2.71 bits per heavy atom. The van der Waals surface area contributed by atoms with Crippen LogP contribution in [0.2, 0.25) is 0 Å². The van der Waals surface area contributed by atoms with E-state index >= 15 is 0 Å². The molecule has 0 radical (unpaired) electrons. The monoisotopic (exact) mass is 294 g/mol. The second-order valence-electron chi connectivity index (χ2n) is 6.63. The van der Waals surface area contributed by atoms with Gasteiger partial charge in [0.25, 0.3) is 0 Å². The number of aryl methyl sites for hydroxylation is 1. The summed E-state index contributed by atoms with van der Waals surface area (Å²) in [5, 5.41) is 0. The Morgan fingerprint density at radius 1 is 1.14 bits per heavy atom. The summed E-state index contributed by atoms with van der Waals surface area (Å²) in [6.07, 6.45) is 7.47. The number of fused-ring (bicyclic) bond motifs is 2. The second-order valence-corrected chi connectivity index (χ2v) is 6.63. The van der Waals surface area contributed by atoms with Gasteiger partial charge in [-0.2, -0.15) is 0 Å². The van der Waals surface area contributed by atoms with Gasteiger partial charge in [0.1, 0.15) is 0 Å². The molecule has 21 heavy (non-hydrogen) atoms. The zero-order valence-electron chi connectivity index (χ0n) is 12.7. The highest BCUT2D eigenvalue weighted by atomic mass is 19.2. The molecule has 1 aromatic carbocycles. The molecule has 2 saturated carbocycles. The molecule has 1 nitrogen and oxygen atoms in total. The number of hydrogen-bond donors (Lipinski definition) is 0. The zero-order valence-corrected chi connectivity index (χ0v) is 12.7. The van der Waals surface area contributed by atoms with Crippen molar-refractivity contribution in [3.05, 3.63) is 35.4 Å². The van der Waals surface area contributed by atoms with Crippen LogP contribution in [0.4, 0.5) is 8.78 Å². The van der Waals surface area contributed by atoms with Gasteiger partial charge in [-0.25, -0.2) is 8.78 Å². The smallest absolute Gasteiger partial charge is 0.159 e. The third-order valence-corrected chi connectivity index (χ3v) is 5.30. The van der Waals surface area contributed by atoms with Gasteiger partial charge >= 0.3 is 0 Å². The molecule has 2 bridgehead atoms. The standard InChI is InChI=1S/C18H24F2O/c1-2-21-18-11-13-8-14(15(18)9-13)5-3-4-12-6-7-16(19)17(20)10-12/h6-7,10,13-15,18H,2-5,8-9,11H2,1H3. The van der Waals surface area contributed by atoms with Crippen LogP contribution in [0.1, 0.15) is 44.6 Å². The highest BCUT2D eigenvalue weighted by Crippen LogP contribution is 2.51. The van der Waals surface area contributed by atoms with Crippen LogP contribution in [-0.2, 0) is 11.2 Å². The third kappa shape index (κ3) is 3.28. The maximum atomic E-state index is 13.2. The molecule has 116 valence electrons. The van der Waals surface area contributed by atoms with Crippen molar-refractivity contribution in [1.29, 1.82) is 0 Å². The van der Waals surface area contributed by atoms with Gasteiger partial charge in [-0.3, -0.25) is 0 Å². The number of hydrogen-bond acceptors (Lipinski definition) is 1. The molecule has 0 saturated heterocycles. The van der Waals surface area contributed by atoms with Crippen LogP contribution >= 0.6 is 0 Å². The highest BCUT2D eigenvalue weighted by Gasteiger charge is 2.45. The van der Waals surface area contributed by atoms with Crippen LogP contribution in [0.25, 0.3) is 0 Å². The normalized spacial score (nSPS) is 31.0. The molecule has 0 amide bonds. The lowest BCUT2D eigenvalue weighted by molar-refractivity contribution is 0.00370. The first-order valence-corrected chi connectivity index (χ1v) is 8.23. The summed E-state index contributed by atoms with van der Waals surface area (Å²) in [6, 6.07) is 4.26. The number of halogens is 2. The van der Waals surface area contributed by atoms with Crippen molar-refractivity contribution in [2.24, 2.45) is 17.8 Å². The van der Waals surface area contributed by atoms with Crippen molar-refractivity contribution in [3.8, 4) is 0 Å². The molecule has 0 N–H and O–H groups in total. The average molecular weight is 294 g/mol. The third-order valence-electron chi connectivity index (χ3n) is 5.30. The van der Waals surface area contributed by atoms with E-state index in [2.05, 4.69) is 6.92 Å². The minimum Gasteiger partial charge on any atom is -0.378 e. The van der Waals surface area contributed by atoms with E-state index in [1.807, 2.05) is 0 Å². The Morgan fingerprint density at radius 2 is 2.00 bits per heavy atom. The fraction of sp³-hybridized carbons (Fsp3) is 0.667. The van der Waals surface area contributed by atoms with Crippen molar-refractivity contribution >= 4 is 0 Å². The van der Waals surface area contributed by atoms with Gasteiger partial charge in [0.15, 0.2) is 11.6 Å². The minimum absolute atomic E-state index is 0.474. The number of rotatable bonds is 6. The molecule has 3 heteroatoms. The Bertz CT molecular complexity index is 488. The van der Waals surface area contributed by atoms with Crippen LogP contribution in [0.15, 0.2) is 18.2 Å². The minimum atomic E-state index is -0.758. The topological polar surface area (TPSA) is 9.23 Å². The molecule has 3 rings (SSSR count). The van der Waals surface area contributed by atoms with Crippen molar-refractivity contribution in [1.82, 2.24) is 0 Å². The summed E-state index contributed by atoms with van der Waals surface area (Å²) < 4.78 is 31.9. The fourth-order valence-electron chi connectivity index (χ4n) is 4.43. The van der Waals surface area contributed by atoms with Crippen LogP contribution in [0, 0.1) is 29.4 Å². The van der Waals surface area contributed by atoms with Crippen molar-refractivity contribution < 1.29 is 13.5 Å². The Labute approximate surface area is 125 Å². The zero-order chi connectivity index (χ0) is 14.8. The van der Waals surface area contributed by atoms with Gasteiger partial charge < -0.3 is 4.74 Å². The van der Waals surface area contributed by atoms with Crippen LogP contribution in [0.5, 0.6) is 0 Å². The molecule has 2 fully saturated rings. The summed E-state index contributed by atoms with van der Waals surface area (Å²) >= 11 is 0. The number of ether oxygens (including phenoxy) is 1. The van der Waals surface area contributed by atoms with Crippen LogP contribution in [-0.4, -0.2) is 12.7 Å². The molecular formula is C18H24F2O. The van der Waals surface area contributed by atoms with Gasteiger partial charge in [0, 0.05) is 6.61 Å². The largest absolute Gasteiger partial charge is 0.378 e. The average Bonchev–Trinajstić information content (AvgIpc) is 3.03. The van der Waals surface area contributed by atoms with E-state index < -0.39 is 11.6 Å². The maximum absolute atomic E-state index is 13.2. The van der Waals surface area contributed by atoms with Gasteiger partial charge in [-0.1, -0.05) is 6.07 Å². The van der Waals surface area contributed by atoms with E-state index in [0.29, 0.717) is 6.10 Å². The summed E-state index contributed by atoms with van der Waals surface area (Å²) in [4.78, 5) is 0. The van der Waals surface area contributed by atoms with Gasteiger partial charge in [0.2, 0.25) is 0 Å². The lowest BCUT2D eigenvalue weighted by Gasteiger charge is -2.29. The van der Waals surface area contributed by atoms with Crippen LogP contribution < -0.4 is 0 Å². The predicted octanol–water partition coefficient (Wildman–Crippen LogP) is 4.74. The SMILES string of the molecule is CCOC1CC2CC(CCCc3ccc(F)c(F)c3)C1C2. The Balaban J connectivity index is 1.48. The van der Waals surface area contributed by atoms with Gasteiger partial charge in [-0.05, 0) is 80.9 Å². The van der Waals surface area contributed by atoms with Crippen LogP contribution in [0.3, 0.4) is 0 Å². The Kier molecular flexibility index (Phi) is 4.58. The second kappa shape index (κ2) is 6.43.